The van der Waals surface area contributed by atoms with Crippen LogP contribution >= 0.6 is 11.8 Å². The van der Waals surface area contributed by atoms with Crippen molar-refractivity contribution < 1.29 is 0 Å². The number of hydrogen-bond acceptors (Lipinski definition) is 2. The van der Waals surface area contributed by atoms with Gasteiger partial charge in [0.25, 0.3) is 0 Å². The second kappa shape index (κ2) is 7.17. The molecular formula is C12H19N3S. The summed E-state index contributed by atoms with van der Waals surface area (Å²) in [6.07, 6.45) is 0. The lowest BCUT2D eigenvalue weighted by Gasteiger charge is -2.08. The molecule has 0 fully saturated rings. The van der Waals surface area contributed by atoms with Gasteiger partial charge >= 0.3 is 0 Å². The Balaban J connectivity index is 2.21. The summed E-state index contributed by atoms with van der Waals surface area (Å²) >= 11 is 1.79. The van der Waals surface area contributed by atoms with E-state index in [0.29, 0.717) is 12.0 Å². The second-order valence-electron chi connectivity index (χ2n) is 3.73. The molecule has 0 aliphatic rings. The number of guanidine groups is 1. The van der Waals surface area contributed by atoms with Crippen molar-refractivity contribution in [1.82, 2.24) is 5.32 Å². The molecule has 0 aliphatic carbocycles. The third-order valence-electron chi connectivity index (χ3n) is 1.82. The molecule has 88 valence electrons. The molecule has 16 heavy (non-hydrogen) atoms. The van der Waals surface area contributed by atoms with Crippen LogP contribution in [0.4, 0.5) is 0 Å². The number of nitrogens with zero attached hydrogens (tertiary/aromatic N) is 1. The molecule has 1 rings (SSSR count). The van der Waals surface area contributed by atoms with Gasteiger partial charge < -0.3 is 11.1 Å². The summed E-state index contributed by atoms with van der Waals surface area (Å²) in [6.45, 7) is 4.83. The van der Waals surface area contributed by atoms with Crippen molar-refractivity contribution >= 4 is 17.7 Å². The van der Waals surface area contributed by atoms with Gasteiger partial charge in [-0.1, -0.05) is 18.2 Å². The molecule has 4 heteroatoms. The van der Waals surface area contributed by atoms with Gasteiger partial charge in [-0.25, -0.2) is 0 Å². The monoisotopic (exact) mass is 237 g/mol. The van der Waals surface area contributed by atoms with Crippen molar-refractivity contribution in [2.75, 3.05) is 12.3 Å². The quantitative estimate of drug-likeness (QED) is 0.357. The van der Waals surface area contributed by atoms with Crippen LogP contribution in [0.5, 0.6) is 0 Å². The molecule has 0 aliphatic heterocycles. The number of thioether (sulfide) groups is 1. The number of hydrogen-bond donors (Lipinski definition) is 2. The summed E-state index contributed by atoms with van der Waals surface area (Å²) in [4.78, 5) is 5.51. The predicted molar refractivity (Wildman–Crippen MR) is 71.9 cm³/mol. The fraction of sp³-hybridized carbons (Fsp3) is 0.417. The van der Waals surface area contributed by atoms with Crippen LogP contribution in [-0.2, 0) is 0 Å². The van der Waals surface area contributed by atoms with Gasteiger partial charge in [-0.3, -0.25) is 4.99 Å². The molecule has 0 amide bonds. The minimum Gasteiger partial charge on any atom is -0.370 e. The minimum absolute atomic E-state index is 0.338. The predicted octanol–water partition coefficient (Wildman–Crippen LogP) is 2.09. The first kappa shape index (κ1) is 12.9. The van der Waals surface area contributed by atoms with Crippen LogP contribution in [0.1, 0.15) is 13.8 Å². The Kier molecular flexibility index (Phi) is 5.78. The minimum atomic E-state index is 0.338. The number of rotatable bonds is 5. The first-order valence-corrected chi connectivity index (χ1v) is 6.41. The van der Waals surface area contributed by atoms with Crippen molar-refractivity contribution in [2.24, 2.45) is 10.7 Å². The lowest BCUT2D eigenvalue weighted by Crippen LogP contribution is -2.36. The highest BCUT2D eigenvalue weighted by Gasteiger charge is 1.95. The molecule has 0 aromatic heterocycles. The summed E-state index contributed by atoms with van der Waals surface area (Å²) in [6, 6.07) is 10.6. The van der Waals surface area contributed by atoms with E-state index in [1.54, 1.807) is 11.8 Å². The van der Waals surface area contributed by atoms with Gasteiger partial charge in [-0.2, -0.15) is 0 Å². The van der Waals surface area contributed by atoms with Crippen LogP contribution in [-0.4, -0.2) is 24.3 Å². The highest BCUT2D eigenvalue weighted by Crippen LogP contribution is 2.16. The highest BCUT2D eigenvalue weighted by molar-refractivity contribution is 7.99. The van der Waals surface area contributed by atoms with Crippen molar-refractivity contribution in [1.29, 1.82) is 0 Å². The molecule has 3 N–H and O–H groups in total. The van der Waals surface area contributed by atoms with E-state index < -0.39 is 0 Å². The molecule has 1 aromatic rings. The van der Waals surface area contributed by atoms with E-state index in [1.165, 1.54) is 4.90 Å². The lowest BCUT2D eigenvalue weighted by atomic mass is 10.4. The van der Waals surface area contributed by atoms with E-state index in [0.717, 1.165) is 12.3 Å². The third-order valence-corrected chi connectivity index (χ3v) is 2.81. The Morgan fingerprint density at radius 1 is 1.38 bits per heavy atom. The molecule has 0 saturated heterocycles. The van der Waals surface area contributed by atoms with Gasteiger partial charge in [0.2, 0.25) is 0 Å². The summed E-state index contributed by atoms with van der Waals surface area (Å²) in [5.41, 5.74) is 5.68. The van der Waals surface area contributed by atoms with E-state index >= 15 is 0 Å². The van der Waals surface area contributed by atoms with E-state index in [-0.39, 0.29) is 0 Å². The maximum atomic E-state index is 5.68. The zero-order chi connectivity index (χ0) is 11.8. The molecule has 0 atom stereocenters. The fourth-order valence-electron chi connectivity index (χ4n) is 1.19. The number of nitrogens with two attached hydrogens (primary N) is 1. The molecule has 0 unspecified atom stereocenters. The first-order chi connectivity index (χ1) is 7.68. The Labute approximate surface area is 102 Å². The Morgan fingerprint density at radius 3 is 2.69 bits per heavy atom. The second-order valence-corrected chi connectivity index (χ2v) is 4.90. The summed E-state index contributed by atoms with van der Waals surface area (Å²) in [7, 11) is 0. The zero-order valence-corrected chi connectivity index (χ0v) is 10.6. The Morgan fingerprint density at radius 2 is 2.06 bits per heavy atom. The van der Waals surface area contributed by atoms with Gasteiger partial charge in [-0.15, -0.1) is 11.8 Å². The van der Waals surface area contributed by atoms with Gasteiger partial charge in [0.1, 0.15) is 0 Å². The molecule has 0 bridgehead atoms. The maximum Gasteiger partial charge on any atom is 0.188 e. The molecule has 0 heterocycles. The molecule has 3 nitrogen and oxygen atoms in total. The molecule has 1 aromatic carbocycles. The number of nitrogens with one attached hydrogen (secondary N) is 1. The topological polar surface area (TPSA) is 50.4 Å². The van der Waals surface area contributed by atoms with Crippen LogP contribution in [0.15, 0.2) is 40.2 Å². The average molecular weight is 237 g/mol. The van der Waals surface area contributed by atoms with E-state index in [9.17, 15) is 0 Å². The summed E-state index contributed by atoms with van der Waals surface area (Å²) in [5.74, 6) is 1.48. The van der Waals surface area contributed by atoms with Crippen molar-refractivity contribution in [2.45, 2.75) is 24.8 Å². The van der Waals surface area contributed by atoms with Gasteiger partial charge in [0.05, 0.1) is 6.54 Å². The van der Waals surface area contributed by atoms with Crippen LogP contribution in [0.3, 0.4) is 0 Å². The van der Waals surface area contributed by atoms with Crippen LogP contribution < -0.4 is 11.1 Å². The van der Waals surface area contributed by atoms with Crippen LogP contribution in [0.2, 0.25) is 0 Å². The van der Waals surface area contributed by atoms with E-state index in [4.69, 9.17) is 5.73 Å². The SMILES string of the molecule is CC(C)NC(N)=NCCSc1ccccc1. The summed E-state index contributed by atoms with van der Waals surface area (Å²) in [5, 5.41) is 3.06. The number of aliphatic imine (C=N–C) groups is 1. The smallest absolute Gasteiger partial charge is 0.188 e. The zero-order valence-electron chi connectivity index (χ0n) is 9.81. The van der Waals surface area contributed by atoms with Crippen molar-refractivity contribution in [3.63, 3.8) is 0 Å². The van der Waals surface area contributed by atoms with Crippen LogP contribution in [0, 0.1) is 0 Å². The van der Waals surface area contributed by atoms with Gasteiger partial charge in [0, 0.05) is 16.7 Å². The average Bonchev–Trinajstić information content (AvgIpc) is 2.25. The highest BCUT2D eigenvalue weighted by atomic mass is 32.2. The van der Waals surface area contributed by atoms with E-state index in [1.807, 2.05) is 32.0 Å². The first-order valence-electron chi connectivity index (χ1n) is 5.43. The van der Waals surface area contributed by atoms with Crippen LogP contribution in [0.25, 0.3) is 0 Å². The Hall–Kier alpha value is -1.16. The third kappa shape index (κ3) is 5.66. The molecule has 0 spiro atoms. The Bertz CT molecular complexity index is 322. The van der Waals surface area contributed by atoms with Gasteiger partial charge in [0.15, 0.2) is 5.96 Å². The normalized spacial score (nSPS) is 11.8. The van der Waals surface area contributed by atoms with Crippen molar-refractivity contribution in [3.8, 4) is 0 Å². The lowest BCUT2D eigenvalue weighted by molar-refractivity contribution is 0.725. The molecule has 0 saturated carbocycles. The van der Waals surface area contributed by atoms with Gasteiger partial charge in [-0.05, 0) is 26.0 Å². The maximum absolute atomic E-state index is 5.68. The number of benzene rings is 1. The fourth-order valence-corrected chi connectivity index (χ4v) is 1.96. The van der Waals surface area contributed by atoms with Crippen molar-refractivity contribution in [3.05, 3.63) is 30.3 Å². The molecule has 0 radical (unpaired) electrons. The summed E-state index contributed by atoms with van der Waals surface area (Å²) < 4.78 is 0. The molecular weight excluding hydrogens is 218 g/mol. The largest absolute Gasteiger partial charge is 0.370 e. The van der Waals surface area contributed by atoms with E-state index in [2.05, 4.69) is 22.4 Å². The standard InChI is InChI=1S/C12H19N3S/c1-10(2)15-12(13)14-8-9-16-11-6-4-3-5-7-11/h3-7,10H,8-9H2,1-2H3,(H3,13,14,15).